The normalized spacial score (nSPS) is 13.0. The molecule has 0 saturated carbocycles. The number of furan rings is 1. The zero-order valence-corrected chi connectivity index (χ0v) is 26.5. The average molecular weight is 604 g/mol. The third kappa shape index (κ3) is 13.5. The molecule has 10 nitrogen and oxygen atoms in total. The molecule has 42 heavy (non-hydrogen) atoms. The van der Waals surface area contributed by atoms with Gasteiger partial charge in [0.1, 0.15) is 5.76 Å². The topological polar surface area (TPSA) is 156 Å². The second-order valence-corrected chi connectivity index (χ2v) is 11.8. The molecule has 0 bridgehead atoms. The number of aliphatic carboxylic acids is 1. The van der Waals surface area contributed by atoms with Crippen LogP contribution >= 0.6 is 11.8 Å². The predicted octanol–water partition coefficient (Wildman–Crippen LogP) is 5.31. The van der Waals surface area contributed by atoms with E-state index in [2.05, 4.69) is 22.5 Å². The Hall–Kier alpha value is -3.47. The summed E-state index contributed by atoms with van der Waals surface area (Å²) in [4.78, 5) is 62.1. The van der Waals surface area contributed by atoms with Crippen LogP contribution in [0.4, 0.5) is 0 Å². The van der Waals surface area contributed by atoms with Gasteiger partial charge >= 0.3 is 5.97 Å². The Kier molecular flexibility index (Phi) is 16.4. The van der Waals surface area contributed by atoms with E-state index in [9.17, 15) is 24.0 Å². The van der Waals surface area contributed by atoms with E-state index in [1.807, 2.05) is 45.9 Å². The Morgan fingerprint density at radius 3 is 2.14 bits per heavy atom. The molecule has 0 spiro atoms. The number of thioether (sulfide) groups is 1. The molecule has 2 amide bonds. The van der Waals surface area contributed by atoms with Crippen LogP contribution < -0.4 is 10.6 Å². The van der Waals surface area contributed by atoms with Gasteiger partial charge in [-0.1, -0.05) is 65.3 Å². The summed E-state index contributed by atoms with van der Waals surface area (Å²) in [6.07, 6.45) is 4.08. The lowest BCUT2D eigenvalue weighted by atomic mass is 9.89. The smallest absolute Gasteiger partial charge is 0.305 e. The molecule has 0 radical (unpaired) electrons. The van der Waals surface area contributed by atoms with Gasteiger partial charge in [0, 0.05) is 12.1 Å². The van der Waals surface area contributed by atoms with Crippen LogP contribution in [0.5, 0.6) is 0 Å². The lowest BCUT2D eigenvalue weighted by Gasteiger charge is -2.23. The molecule has 0 aliphatic heterocycles. The van der Waals surface area contributed by atoms with E-state index >= 15 is 0 Å². The molecule has 2 rings (SSSR count). The number of carboxylic acid groups (broad SMARTS) is 1. The molecule has 232 valence electrons. The molecule has 0 fully saturated rings. The Bertz CT molecular complexity index is 1160. The van der Waals surface area contributed by atoms with E-state index in [1.54, 1.807) is 18.3 Å². The summed E-state index contributed by atoms with van der Waals surface area (Å²) < 4.78 is 5.56. The third-order valence-electron chi connectivity index (χ3n) is 6.47. The lowest BCUT2D eigenvalue weighted by Crippen LogP contribution is -2.45. The first-order valence-electron chi connectivity index (χ1n) is 14.2. The fraction of sp³-hybridized carbons (Fsp3) is 0.548. The Labute approximate surface area is 252 Å². The minimum Gasteiger partial charge on any atom is -0.481 e. The Morgan fingerprint density at radius 2 is 1.64 bits per heavy atom. The summed E-state index contributed by atoms with van der Waals surface area (Å²) in [5, 5.41) is 14.9. The SMILES string of the molecule is CC(=O)C(NC(=O)c1ccc(CSc2ccccn2)o1)C(C)C.CCCC[C@@H](C(=O)NC(CC(=O)O)C(C)=O)C(C)C. The van der Waals surface area contributed by atoms with Crippen LogP contribution in [0.1, 0.15) is 90.5 Å². The molecule has 2 unspecified atom stereocenters. The molecular formula is C31H45N3O7S. The number of rotatable bonds is 16. The van der Waals surface area contributed by atoms with Crippen molar-refractivity contribution in [3.63, 3.8) is 0 Å². The molecule has 3 atom stereocenters. The van der Waals surface area contributed by atoms with Crippen LogP contribution in [0.25, 0.3) is 0 Å². The van der Waals surface area contributed by atoms with E-state index in [0.29, 0.717) is 11.5 Å². The van der Waals surface area contributed by atoms with Gasteiger partial charge in [0.05, 0.1) is 29.3 Å². The first kappa shape index (κ1) is 36.6. The minimum atomic E-state index is -1.09. The molecule has 11 heteroatoms. The lowest BCUT2D eigenvalue weighted by molar-refractivity contribution is -0.140. The minimum absolute atomic E-state index is 0.0330. The first-order valence-corrected chi connectivity index (χ1v) is 15.2. The van der Waals surface area contributed by atoms with Crippen LogP contribution in [0.2, 0.25) is 0 Å². The molecule has 0 aliphatic carbocycles. The number of pyridine rings is 1. The van der Waals surface area contributed by atoms with Crippen molar-refractivity contribution in [2.45, 2.75) is 97.0 Å². The van der Waals surface area contributed by atoms with Gasteiger partial charge in [-0.3, -0.25) is 24.0 Å². The number of Topliss-reactive ketones (excluding diaryl/α,β-unsaturated/α-hetero) is 2. The number of carboxylic acids is 1. The van der Waals surface area contributed by atoms with Crippen molar-refractivity contribution in [1.29, 1.82) is 0 Å². The molecule has 0 aliphatic rings. The summed E-state index contributed by atoms with van der Waals surface area (Å²) in [7, 11) is 0. The number of carbonyl (C=O) groups is 5. The van der Waals surface area contributed by atoms with E-state index in [4.69, 9.17) is 9.52 Å². The van der Waals surface area contributed by atoms with E-state index in [0.717, 1.165) is 24.3 Å². The number of hydrogen-bond acceptors (Lipinski definition) is 8. The number of carbonyl (C=O) groups excluding carboxylic acids is 4. The van der Waals surface area contributed by atoms with Crippen molar-refractivity contribution < 1.29 is 33.5 Å². The van der Waals surface area contributed by atoms with Crippen LogP contribution in [0, 0.1) is 17.8 Å². The third-order valence-corrected chi connectivity index (χ3v) is 7.44. The van der Waals surface area contributed by atoms with Crippen LogP contribution in [-0.2, 0) is 24.9 Å². The molecule has 2 aromatic heterocycles. The second-order valence-electron chi connectivity index (χ2n) is 10.8. The predicted molar refractivity (Wildman–Crippen MR) is 162 cm³/mol. The van der Waals surface area contributed by atoms with Gasteiger partial charge in [-0.25, -0.2) is 4.98 Å². The van der Waals surface area contributed by atoms with Crippen LogP contribution in [-0.4, -0.2) is 51.5 Å². The van der Waals surface area contributed by atoms with Crippen molar-refractivity contribution in [1.82, 2.24) is 15.6 Å². The molecule has 3 N–H and O–H groups in total. The number of ketones is 2. The molecule has 0 aromatic carbocycles. The Morgan fingerprint density at radius 1 is 0.952 bits per heavy atom. The van der Waals surface area contributed by atoms with Gasteiger partial charge in [-0.15, -0.1) is 0 Å². The number of aromatic nitrogens is 1. The molecule has 2 aromatic rings. The van der Waals surface area contributed by atoms with E-state index < -0.39 is 18.1 Å². The van der Waals surface area contributed by atoms with Crippen molar-refractivity contribution in [3.8, 4) is 0 Å². The maximum absolute atomic E-state index is 12.2. The van der Waals surface area contributed by atoms with Gasteiger partial charge < -0.3 is 20.2 Å². The Balaban J connectivity index is 0.000000430. The highest BCUT2D eigenvalue weighted by Gasteiger charge is 2.27. The number of amides is 2. The summed E-state index contributed by atoms with van der Waals surface area (Å²) in [6.45, 7) is 12.5. The molecule has 2 heterocycles. The van der Waals surface area contributed by atoms with Gasteiger partial charge in [0.2, 0.25) is 5.91 Å². The van der Waals surface area contributed by atoms with Crippen molar-refractivity contribution >= 4 is 41.1 Å². The van der Waals surface area contributed by atoms with Crippen LogP contribution in [0.3, 0.4) is 0 Å². The first-order chi connectivity index (χ1) is 19.8. The second kappa shape index (κ2) is 18.9. The monoisotopic (exact) mass is 603 g/mol. The fourth-order valence-corrected chi connectivity index (χ4v) is 4.80. The standard InChI is InChI=1S/C17H20N2O3S.C14H25NO4/c1-11(2)16(12(3)20)19-17(21)14-8-7-13(22-14)10-23-15-6-4-5-9-18-15;1-5-6-7-11(9(2)3)14(19)15-12(10(4)16)8-13(17)18/h4-9,11,16H,10H2,1-3H3,(H,19,21);9,11-12H,5-8H2,1-4H3,(H,15,19)(H,17,18)/t;11-,12?/m.1/s1. The maximum atomic E-state index is 12.2. The fourth-order valence-electron chi connectivity index (χ4n) is 4.05. The highest BCUT2D eigenvalue weighted by Crippen LogP contribution is 2.22. The van der Waals surface area contributed by atoms with Gasteiger partial charge in [-0.2, -0.15) is 0 Å². The average Bonchev–Trinajstić information content (AvgIpc) is 3.39. The van der Waals surface area contributed by atoms with Crippen LogP contribution in [0.15, 0.2) is 46.0 Å². The summed E-state index contributed by atoms with van der Waals surface area (Å²) in [6, 6.07) is 7.67. The van der Waals surface area contributed by atoms with Gasteiger partial charge in [0.15, 0.2) is 17.3 Å². The number of hydrogen-bond donors (Lipinski definition) is 3. The van der Waals surface area contributed by atoms with Gasteiger partial charge in [-0.05, 0) is 56.4 Å². The number of unbranched alkanes of at least 4 members (excludes halogenated alkanes) is 1. The zero-order chi connectivity index (χ0) is 31.8. The van der Waals surface area contributed by atoms with Crippen molar-refractivity contribution in [2.24, 2.45) is 17.8 Å². The maximum Gasteiger partial charge on any atom is 0.305 e. The quantitative estimate of drug-likeness (QED) is 0.217. The molecule has 0 saturated heterocycles. The summed E-state index contributed by atoms with van der Waals surface area (Å²) in [5.41, 5.74) is 0. The largest absolute Gasteiger partial charge is 0.481 e. The highest BCUT2D eigenvalue weighted by atomic mass is 32.2. The summed E-state index contributed by atoms with van der Waals surface area (Å²) in [5.74, 6) is -0.536. The highest BCUT2D eigenvalue weighted by molar-refractivity contribution is 7.98. The number of nitrogens with zero attached hydrogens (tertiary/aromatic N) is 1. The van der Waals surface area contributed by atoms with E-state index in [-0.39, 0.29) is 53.3 Å². The van der Waals surface area contributed by atoms with Crippen molar-refractivity contribution in [3.05, 3.63) is 48.0 Å². The zero-order valence-electron chi connectivity index (χ0n) is 25.6. The van der Waals surface area contributed by atoms with Crippen molar-refractivity contribution in [2.75, 3.05) is 0 Å². The molecular weight excluding hydrogens is 558 g/mol. The number of nitrogens with one attached hydrogen (secondary N) is 2. The summed E-state index contributed by atoms with van der Waals surface area (Å²) >= 11 is 1.53. The van der Waals surface area contributed by atoms with E-state index in [1.165, 1.54) is 25.6 Å². The van der Waals surface area contributed by atoms with Gasteiger partial charge in [0.25, 0.3) is 5.91 Å².